The van der Waals surface area contributed by atoms with Gasteiger partial charge >= 0.3 is 6.36 Å². The third-order valence-corrected chi connectivity index (χ3v) is 2.53. The highest BCUT2D eigenvalue weighted by atomic mass is 19.4. The first-order chi connectivity index (χ1) is 8.63. The van der Waals surface area contributed by atoms with E-state index in [0.717, 1.165) is 12.1 Å². The van der Waals surface area contributed by atoms with Crippen LogP contribution < -0.4 is 4.74 Å². The van der Waals surface area contributed by atoms with Gasteiger partial charge in [0.1, 0.15) is 5.75 Å². The van der Waals surface area contributed by atoms with Crippen LogP contribution in [0.5, 0.6) is 5.75 Å². The largest absolute Gasteiger partial charge is 0.573 e. The molecule has 0 unspecified atom stereocenters. The number of ketones is 1. The van der Waals surface area contributed by atoms with Crippen LogP contribution in [0.1, 0.15) is 30.6 Å². The van der Waals surface area contributed by atoms with Crippen LogP contribution in [0.15, 0.2) is 24.3 Å². The molecule has 0 atom stereocenters. The van der Waals surface area contributed by atoms with Gasteiger partial charge in [0.15, 0.2) is 5.78 Å². The quantitative estimate of drug-likeness (QED) is 0.771. The number of carbonyl (C=O) groups is 1. The fourth-order valence-electron chi connectivity index (χ4n) is 1.43. The molecule has 0 spiro atoms. The summed E-state index contributed by atoms with van der Waals surface area (Å²) in [6.07, 6.45) is -4.70. The molecular weight excluding hydrogens is 261 g/mol. The molecule has 0 aliphatic rings. The Hall–Kier alpha value is -1.56. The lowest BCUT2D eigenvalue weighted by Crippen LogP contribution is -2.26. The SMILES string of the molecule is COC(C)(C)CC(=O)c1cccc(OC(F)(F)F)c1. The number of halogens is 3. The summed E-state index contributed by atoms with van der Waals surface area (Å²) in [6.45, 7) is 3.45. The van der Waals surface area contributed by atoms with Crippen LogP contribution in [0.4, 0.5) is 13.2 Å². The summed E-state index contributed by atoms with van der Waals surface area (Å²) in [5, 5.41) is 0. The van der Waals surface area contributed by atoms with Crippen LogP contribution in [-0.2, 0) is 4.74 Å². The summed E-state index contributed by atoms with van der Waals surface area (Å²) in [5.74, 6) is -0.715. The van der Waals surface area contributed by atoms with Gasteiger partial charge in [-0.05, 0) is 26.0 Å². The van der Waals surface area contributed by atoms with E-state index in [1.54, 1.807) is 13.8 Å². The maximum atomic E-state index is 12.1. The number of ether oxygens (including phenoxy) is 2. The topological polar surface area (TPSA) is 35.5 Å². The van der Waals surface area contributed by atoms with Crippen molar-refractivity contribution in [2.45, 2.75) is 32.2 Å². The number of methoxy groups -OCH3 is 1. The molecule has 1 rings (SSSR count). The van der Waals surface area contributed by atoms with E-state index < -0.39 is 17.7 Å². The number of Topliss-reactive ketones (excluding diaryl/α,β-unsaturated/α-hetero) is 1. The van der Waals surface area contributed by atoms with E-state index in [1.807, 2.05) is 0 Å². The molecule has 0 radical (unpaired) electrons. The molecule has 0 heterocycles. The third kappa shape index (κ3) is 5.30. The van der Waals surface area contributed by atoms with Crippen LogP contribution in [0.3, 0.4) is 0 Å². The van der Waals surface area contributed by atoms with Crippen molar-refractivity contribution in [1.82, 2.24) is 0 Å². The van der Waals surface area contributed by atoms with E-state index in [4.69, 9.17) is 4.74 Å². The molecule has 0 aromatic heterocycles. The van der Waals surface area contributed by atoms with E-state index in [0.29, 0.717) is 0 Å². The lowest BCUT2D eigenvalue weighted by atomic mass is 9.97. The van der Waals surface area contributed by atoms with E-state index >= 15 is 0 Å². The monoisotopic (exact) mass is 276 g/mol. The van der Waals surface area contributed by atoms with Crippen LogP contribution in [-0.4, -0.2) is 24.9 Å². The van der Waals surface area contributed by atoms with Crippen molar-refractivity contribution in [3.63, 3.8) is 0 Å². The van der Waals surface area contributed by atoms with Crippen LogP contribution >= 0.6 is 0 Å². The molecule has 3 nitrogen and oxygen atoms in total. The number of benzene rings is 1. The van der Waals surface area contributed by atoms with Crippen molar-refractivity contribution in [3.8, 4) is 5.75 Å². The summed E-state index contributed by atoms with van der Waals surface area (Å²) < 4.78 is 45.1. The van der Waals surface area contributed by atoms with Crippen molar-refractivity contribution < 1.29 is 27.4 Å². The van der Waals surface area contributed by atoms with E-state index in [-0.39, 0.29) is 17.8 Å². The minimum Gasteiger partial charge on any atom is -0.406 e. The second kappa shape index (κ2) is 5.61. The van der Waals surface area contributed by atoms with Crippen LogP contribution in [0, 0.1) is 0 Å². The molecule has 0 aliphatic heterocycles. The fraction of sp³-hybridized carbons (Fsp3) is 0.462. The molecule has 0 saturated carbocycles. The molecule has 0 saturated heterocycles. The van der Waals surface area contributed by atoms with Gasteiger partial charge in [0.05, 0.1) is 5.60 Å². The molecule has 0 amide bonds. The number of rotatable bonds is 5. The van der Waals surface area contributed by atoms with Gasteiger partial charge in [-0.3, -0.25) is 4.79 Å². The minimum atomic E-state index is -4.77. The first-order valence-corrected chi connectivity index (χ1v) is 5.57. The summed E-state index contributed by atoms with van der Waals surface area (Å²) >= 11 is 0. The molecular formula is C13H15F3O3. The highest BCUT2D eigenvalue weighted by molar-refractivity contribution is 5.97. The smallest absolute Gasteiger partial charge is 0.406 e. The summed E-state index contributed by atoms with van der Waals surface area (Å²) in [5.41, 5.74) is -0.510. The Bertz CT molecular complexity index is 453. The summed E-state index contributed by atoms with van der Waals surface area (Å²) in [6, 6.07) is 5.00. The molecule has 1 aromatic rings. The number of carbonyl (C=O) groups excluding carboxylic acids is 1. The molecule has 106 valence electrons. The first-order valence-electron chi connectivity index (χ1n) is 5.57. The maximum absolute atomic E-state index is 12.1. The van der Waals surface area contributed by atoms with Crippen molar-refractivity contribution in [2.24, 2.45) is 0 Å². The van der Waals surface area contributed by atoms with Crippen molar-refractivity contribution in [1.29, 1.82) is 0 Å². The highest BCUT2D eigenvalue weighted by Crippen LogP contribution is 2.25. The van der Waals surface area contributed by atoms with Gasteiger partial charge < -0.3 is 9.47 Å². The zero-order valence-electron chi connectivity index (χ0n) is 10.9. The van der Waals surface area contributed by atoms with Crippen molar-refractivity contribution in [3.05, 3.63) is 29.8 Å². The second-order valence-corrected chi connectivity index (χ2v) is 4.64. The number of hydrogen-bond donors (Lipinski definition) is 0. The first kappa shape index (κ1) is 15.5. The average molecular weight is 276 g/mol. The Morgan fingerprint density at radius 2 is 1.89 bits per heavy atom. The lowest BCUT2D eigenvalue weighted by Gasteiger charge is -2.21. The zero-order valence-corrected chi connectivity index (χ0v) is 10.9. The average Bonchev–Trinajstić information content (AvgIpc) is 2.26. The lowest BCUT2D eigenvalue weighted by molar-refractivity contribution is -0.274. The number of hydrogen-bond acceptors (Lipinski definition) is 3. The fourth-order valence-corrected chi connectivity index (χ4v) is 1.43. The maximum Gasteiger partial charge on any atom is 0.573 e. The zero-order chi connectivity index (χ0) is 14.7. The second-order valence-electron chi connectivity index (χ2n) is 4.64. The Morgan fingerprint density at radius 3 is 2.42 bits per heavy atom. The van der Waals surface area contributed by atoms with E-state index in [2.05, 4.69) is 4.74 Å². The molecule has 0 fully saturated rings. The van der Waals surface area contributed by atoms with Crippen molar-refractivity contribution >= 4 is 5.78 Å². The predicted molar refractivity (Wildman–Crippen MR) is 63.2 cm³/mol. The summed E-state index contributed by atoms with van der Waals surface area (Å²) in [4.78, 5) is 11.9. The molecule has 0 bridgehead atoms. The molecule has 0 aliphatic carbocycles. The van der Waals surface area contributed by atoms with Gasteiger partial charge in [0.25, 0.3) is 0 Å². The standard InChI is InChI=1S/C13H15F3O3/c1-12(2,18-3)8-11(17)9-5-4-6-10(7-9)19-13(14,15)16/h4-7H,8H2,1-3H3. The van der Waals surface area contributed by atoms with Gasteiger partial charge in [-0.1, -0.05) is 12.1 Å². The van der Waals surface area contributed by atoms with Gasteiger partial charge in [-0.2, -0.15) is 0 Å². The third-order valence-electron chi connectivity index (χ3n) is 2.53. The van der Waals surface area contributed by atoms with Crippen molar-refractivity contribution in [2.75, 3.05) is 7.11 Å². The van der Waals surface area contributed by atoms with E-state index in [9.17, 15) is 18.0 Å². The van der Waals surface area contributed by atoms with Crippen LogP contribution in [0.2, 0.25) is 0 Å². The predicted octanol–water partition coefficient (Wildman–Crippen LogP) is 3.58. The Balaban J connectivity index is 2.85. The van der Waals surface area contributed by atoms with Gasteiger partial charge in [0, 0.05) is 19.1 Å². The Kier molecular flexibility index (Phi) is 4.57. The molecule has 19 heavy (non-hydrogen) atoms. The van der Waals surface area contributed by atoms with E-state index in [1.165, 1.54) is 19.2 Å². The Labute approximate surface area is 109 Å². The van der Waals surface area contributed by atoms with Crippen LogP contribution in [0.25, 0.3) is 0 Å². The molecule has 6 heteroatoms. The minimum absolute atomic E-state index is 0.0684. The Morgan fingerprint density at radius 1 is 1.26 bits per heavy atom. The molecule has 1 aromatic carbocycles. The summed E-state index contributed by atoms with van der Waals surface area (Å²) in [7, 11) is 1.47. The molecule has 0 N–H and O–H groups in total. The highest BCUT2D eigenvalue weighted by Gasteiger charge is 2.31. The van der Waals surface area contributed by atoms with Gasteiger partial charge in [-0.25, -0.2) is 0 Å². The number of alkyl halides is 3. The normalized spacial score (nSPS) is 12.3. The van der Waals surface area contributed by atoms with Gasteiger partial charge in [-0.15, -0.1) is 13.2 Å². The van der Waals surface area contributed by atoms with Gasteiger partial charge in [0.2, 0.25) is 0 Å².